The quantitative estimate of drug-likeness (QED) is 0.851. The summed E-state index contributed by atoms with van der Waals surface area (Å²) < 4.78 is 0. The van der Waals surface area contributed by atoms with E-state index in [0.29, 0.717) is 34.7 Å². The molecule has 0 saturated heterocycles. The van der Waals surface area contributed by atoms with Gasteiger partial charge in [0.25, 0.3) is 5.91 Å². The van der Waals surface area contributed by atoms with Gasteiger partial charge in [0, 0.05) is 12.2 Å². The van der Waals surface area contributed by atoms with Crippen LogP contribution >= 0.6 is 23.2 Å². The number of amidine groups is 1. The van der Waals surface area contributed by atoms with Gasteiger partial charge >= 0.3 is 0 Å². The van der Waals surface area contributed by atoms with E-state index in [4.69, 9.17) is 23.2 Å². The van der Waals surface area contributed by atoms with E-state index in [2.05, 4.69) is 15.6 Å². The van der Waals surface area contributed by atoms with E-state index >= 15 is 0 Å². The third kappa shape index (κ3) is 2.46. The van der Waals surface area contributed by atoms with Gasteiger partial charge in [-0.1, -0.05) is 23.2 Å². The average Bonchev–Trinajstić information content (AvgIpc) is 2.77. The molecule has 1 aliphatic rings. The number of aliphatic imine (C=N–C) groups is 1. The van der Waals surface area contributed by atoms with Crippen molar-refractivity contribution in [2.24, 2.45) is 4.99 Å². The Labute approximate surface area is 103 Å². The molecule has 0 spiro atoms. The van der Waals surface area contributed by atoms with Crippen molar-refractivity contribution in [3.8, 4) is 0 Å². The second-order valence-electron chi connectivity index (χ2n) is 3.24. The van der Waals surface area contributed by atoms with Gasteiger partial charge in [0.05, 0.1) is 16.6 Å². The predicted molar refractivity (Wildman–Crippen MR) is 65.4 cm³/mol. The molecule has 2 rings (SSSR count). The van der Waals surface area contributed by atoms with E-state index in [-0.39, 0.29) is 5.91 Å². The van der Waals surface area contributed by atoms with Crippen LogP contribution in [-0.2, 0) is 4.79 Å². The SMILES string of the molecule is O=C(Nc1ccc(Cl)c(Cl)c1)C1=NCCN1. The molecular formula is C10H9Cl2N3O. The highest BCUT2D eigenvalue weighted by Gasteiger charge is 2.14. The number of anilines is 1. The van der Waals surface area contributed by atoms with Crippen LogP contribution in [0, 0.1) is 0 Å². The molecule has 1 aromatic carbocycles. The highest BCUT2D eigenvalue weighted by Crippen LogP contribution is 2.24. The van der Waals surface area contributed by atoms with Gasteiger partial charge in [-0.2, -0.15) is 0 Å². The molecule has 16 heavy (non-hydrogen) atoms. The summed E-state index contributed by atoms with van der Waals surface area (Å²) >= 11 is 11.6. The van der Waals surface area contributed by atoms with Crippen molar-refractivity contribution in [1.82, 2.24) is 5.32 Å². The zero-order valence-electron chi connectivity index (χ0n) is 8.26. The van der Waals surface area contributed by atoms with Crippen LogP contribution in [-0.4, -0.2) is 24.8 Å². The molecule has 1 amide bonds. The smallest absolute Gasteiger partial charge is 0.290 e. The molecule has 1 aromatic rings. The first-order valence-corrected chi connectivity index (χ1v) is 5.47. The second-order valence-corrected chi connectivity index (χ2v) is 4.05. The van der Waals surface area contributed by atoms with E-state index in [1.807, 2.05) is 0 Å². The summed E-state index contributed by atoms with van der Waals surface area (Å²) in [6.07, 6.45) is 0. The molecule has 1 aliphatic heterocycles. The van der Waals surface area contributed by atoms with Crippen LogP contribution < -0.4 is 10.6 Å². The van der Waals surface area contributed by atoms with Crippen molar-refractivity contribution in [2.45, 2.75) is 0 Å². The number of amides is 1. The van der Waals surface area contributed by atoms with Crippen molar-refractivity contribution in [2.75, 3.05) is 18.4 Å². The van der Waals surface area contributed by atoms with Crippen LogP contribution in [0.4, 0.5) is 5.69 Å². The van der Waals surface area contributed by atoms with Gasteiger partial charge in [-0.25, -0.2) is 0 Å². The van der Waals surface area contributed by atoms with Gasteiger partial charge in [-0.15, -0.1) is 0 Å². The van der Waals surface area contributed by atoms with Gasteiger partial charge in [0.2, 0.25) is 0 Å². The van der Waals surface area contributed by atoms with Crippen LogP contribution in [0.2, 0.25) is 10.0 Å². The maximum atomic E-state index is 11.6. The maximum absolute atomic E-state index is 11.6. The first-order chi connectivity index (χ1) is 7.66. The number of rotatable bonds is 2. The van der Waals surface area contributed by atoms with Crippen molar-refractivity contribution in [3.63, 3.8) is 0 Å². The van der Waals surface area contributed by atoms with Crippen molar-refractivity contribution < 1.29 is 4.79 Å². The fourth-order valence-electron chi connectivity index (χ4n) is 1.31. The van der Waals surface area contributed by atoms with Gasteiger partial charge in [-0.3, -0.25) is 9.79 Å². The summed E-state index contributed by atoms with van der Waals surface area (Å²) in [5.74, 6) is 0.0851. The number of hydrogen-bond donors (Lipinski definition) is 2. The summed E-state index contributed by atoms with van der Waals surface area (Å²) in [5.41, 5.74) is 0.593. The number of carbonyl (C=O) groups is 1. The Bertz CT molecular complexity index is 459. The Morgan fingerprint density at radius 2 is 2.19 bits per heavy atom. The topological polar surface area (TPSA) is 53.5 Å². The predicted octanol–water partition coefficient (Wildman–Crippen LogP) is 1.93. The van der Waals surface area contributed by atoms with Crippen molar-refractivity contribution >= 4 is 40.6 Å². The molecule has 4 nitrogen and oxygen atoms in total. The normalized spacial score (nSPS) is 14.2. The lowest BCUT2D eigenvalue weighted by atomic mass is 10.3. The fraction of sp³-hybridized carbons (Fsp3) is 0.200. The molecule has 0 atom stereocenters. The van der Waals surface area contributed by atoms with E-state index in [9.17, 15) is 4.79 Å². The minimum Gasteiger partial charge on any atom is -0.364 e. The number of nitrogens with one attached hydrogen (secondary N) is 2. The van der Waals surface area contributed by atoms with Gasteiger partial charge in [-0.05, 0) is 18.2 Å². The zero-order chi connectivity index (χ0) is 11.5. The molecule has 0 fully saturated rings. The molecule has 0 aliphatic carbocycles. The average molecular weight is 258 g/mol. The maximum Gasteiger partial charge on any atom is 0.290 e. The summed E-state index contributed by atoms with van der Waals surface area (Å²) in [6, 6.07) is 4.91. The lowest BCUT2D eigenvalue weighted by Crippen LogP contribution is -2.32. The highest BCUT2D eigenvalue weighted by atomic mass is 35.5. The summed E-state index contributed by atoms with van der Waals surface area (Å²) in [5, 5.41) is 6.42. The van der Waals surface area contributed by atoms with E-state index < -0.39 is 0 Å². The Hall–Kier alpha value is -1.26. The second kappa shape index (κ2) is 4.72. The Morgan fingerprint density at radius 3 is 2.81 bits per heavy atom. The summed E-state index contributed by atoms with van der Waals surface area (Å²) in [7, 11) is 0. The first-order valence-electron chi connectivity index (χ1n) is 4.71. The molecule has 0 saturated carbocycles. The standard InChI is InChI=1S/C10H9Cl2N3O/c11-7-2-1-6(5-8(7)12)15-10(16)9-13-3-4-14-9/h1-2,5H,3-4H2,(H,13,14)(H,15,16). The van der Waals surface area contributed by atoms with Crippen LogP contribution in [0.1, 0.15) is 0 Å². The molecular weight excluding hydrogens is 249 g/mol. The largest absolute Gasteiger partial charge is 0.364 e. The molecule has 2 N–H and O–H groups in total. The molecule has 84 valence electrons. The van der Waals surface area contributed by atoms with Crippen molar-refractivity contribution in [1.29, 1.82) is 0 Å². The van der Waals surface area contributed by atoms with Crippen LogP contribution in [0.3, 0.4) is 0 Å². The fourth-order valence-corrected chi connectivity index (χ4v) is 1.61. The minimum absolute atomic E-state index is 0.268. The van der Waals surface area contributed by atoms with Crippen LogP contribution in [0.25, 0.3) is 0 Å². The number of carbonyl (C=O) groups excluding carboxylic acids is 1. The molecule has 6 heteroatoms. The lowest BCUT2D eigenvalue weighted by molar-refractivity contribution is -0.110. The molecule has 1 heterocycles. The van der Waals surface area contributed by atoms with Gasteiger partial charge < -0.3 is 10.6 Å². The van der Waals surface area contributed by atoms with Crippen LogP contribution in [0.5, 0.6) is 0 Å². The molecule has 0 bridgehead atoms. The van der Waals surface area contributed by atoms with Gasteiger partial charge in [0.1, 0.15) is 0 Å². The molecule has 0 unspecified atom stereocenters. The number of benzene rings is 1. The van der Waals surface area contributed by atoms with E-state index in [0.717, 1.165) is 0 Å². The third-order valence-corrected chi connectivity index (χ3v) is 2.81. The van der Waals surface area contributed by atoms with Crippen LogP contribution in [0.15, 0.2) is 23.2 Å². The minimum atomic E-state index is -0.268. The number of halogens is 2. The molecule has 0 radical (unpaired) electrons. The molecule has 0 aromatic heterocycles. The van der Waals surface area contributed by atoms with E-state index in [1.165, 1.54) is 0 Å². The van der Waals surface area contributed by atoms with Crippen molar-refractivity contribution in [3.05, 3.63) is 28.2 Å². The monoisotopic (exact) mass is 257 g/mol. The Balaban J connectivity index is 2.08. The van der Waals surface area contributed by atoms with Gasteiger partial charge in [0.15, 0.2) is 5.84 Å². The zero-order valence-corrected chi connectivity index (χ0v) is 9.77. The Kier molecular flexibility index (Phi) is 3.31. The number of nitrogens with zero attached hydrogens (tertiary/aromatic N) is 1. The number of hydrogen-bond acceptors (Lipinski definition) is 3. The lowest BCUT2D eigenvalue weighted by Gasteiger charge is -2.06. The summed E-state index contributed by atoms with van der Waals surface area (Å²) in [6.45, 7) is 1.33. The Morgan fingerprint density at radius 1 is 1.38 bits per heavy atom. The third-order valence-electron chi connectivity index (χ3n) is 2.07. The van der Waals surface area contributed by atoms with E-state index in [1.54, 1.807) is 18.2 Å². The summed E-state index contributed by atoms with van der Waals surface area (Å²) in [4.78, 5) is 15.6. The first kappa shape index (κ1) is 11.2. The highest BCUT2D eigenvalue weighted by molar-refractivity contribution is 6.43.